The first kappa shape index (κ1) is 25.9. The molecule has 3 aromatic heterocycles. The van der Waals surface area contributed by atoms with Crippen molar-refractivity contribution in [3.63, 3.8) is 0 Å². The Kier molecular flexibility index (Phi) is 7.36. The Morgan fingerprint density at radius 1 is 1.15 bits per heavy atom. The molecule has 40 heavy (non-hydrogen) atoms. The number of aromatic amines is 1. The summed E-state index contributed by atoms with van der Waals surface area (Å²) in [6.07, 6.45) is 11.4. The minimum atomic E-state index is -0.679. The number of hydrogen-bond acceptors (Lipinski definition) is 8. The van der Waals surface area contributed by atoms with Crippen LogP contribution in [0.25, 0.3) is 28.1 Å². The average Bonchev–Trinajstić information content (AvgIpc) is 3.63. The standard InChI is InChI=1S/C28H24N8O4/c1-4-21(17-8-6-9-19(12-17)39-3)32-26(37)23-15-36(16-31-23)18-13-20(25-29-10-7-11-30-25)24-22(14-18)33-27(34-24)35-28(38)40-5-2/h1,6-16,21H,5H2,2-3H3,(H,32,37)(H2,33,34,35,38)/t21-/m0/s1. The van der Waals surface area contributed by atoms with E-state index in [9.17, 15) is 9.59 Å². The van der Waals surface area contributed by atoms with Crippen LogP contribution in [0.2, 0.25) is 0 Å². The molecule has 3 heterocycles. The van der Waals surface area contributed by atoms with Crippen LogP contribution >= 0.6 is 0 Å². The number of rotatable bonds is 8. The number of imidazole rings is 2. The predicted octanol–water partition coefficient (Wildman–Crippen LogP) is 3.89. The molecule has 12 nitrogen and oxygen atoms in total. The summed E-state index contributed by atoms with van der Waals surface area (Å²) in [4.78, 5) is 45.5. The SMILES string of the molecule is C#C[C@H](NC(=O)c1cn(-c2cc(-c3ncccn3)c3nc(NC(=O)OCC)[nH]c3c2)cn1)c1cccc(OC)c1. The molecule has 5 aromatic rings. The molecule has 12 heteroatoms. The van der Waals surface area contributed by atoms with Gasteiger partial charge in [0.2, 0.25) is 5.95 Å². The molecule has 0 saturated heterocycles. The molecule has 0 aliphatic heterocycles. The number of hydrogen-bond donors (Lipinski definition) is 3. The van der Waals surface area contributed by atoms with Crippen LogP contribution in [-0.2, 0) is 4.74 Å². The third kappa shape index (κ3) is 5.44. The monoisotopic (exact) mass is 536 g/mol. The van der Waals surface area contributed by atoms with E-state index in [1.165, 1.54) is 6.33 Å². The molecule has 0 aliphatic rings. The molecule has 0 radical (unpaired) electrons. The first-order chi connectivity index (χ1) is 19.5. The predicted molar refractivity (Wildman–Crippen MR) is 147 cm³/mol. The van der Waals surface area contributed by atoms with Crippen LogP contribution in [0.5, 0.6) is 5.75 Å². The number of methoxy groups -OCH3 is 1. The van der Waals surface area contributed by atoms with E-state index in [0.717, 1.165) is 0 Å². The van der Waals surface area contributed by atoms with Crippen molar-refractivity contribution in [3.05, 3.63) is 78.6 Å². The summed E-state index contributed by atoms with van der Waals surface area (Å²) in [5.74, 6) is 3.40. The maximum atomic E-state index is 13.0. The zero-order valence-electron chi connectivity index (χ0n) is 21.6. The number of amides is 2. The lowest BCUT2D eigenvalue weighted by atomic mass is 10.1. The van der Waals surface area contributed by atoms with Gasteiger partial charge in [0.05, 0.1) is 19.2 Å². The normalized spacial score (nSPS) is 11.4. The molecular weight excluding hydrogens is 512 g/mol. The van der Waals surface area contributed by atoms with E-state index in [2.05, 4.69) is 41.5 Å². The summed E-state index contributed by atoms with van der Waals surface area (Å²) in [6, 6.07) is 11.8. The number of fused-ring (bicyclic) bond motifs is 1. The number of terminal acetylenes is 1. The van der Waals surface area contributed by atoms with Crippen molar-refractivity contribution >= 4 is 29.0 Å². The van der Waals surface area contributed by atoms with Gasteiger partial charge in [0.1, 0.15) is 29.3 Å². The molecule has 200 valence electrons. The summed E-state index contributed by atoms with van der Waals surface area (Å²) in [5, 5.41) is 5.39. The van der Waals surface area contributed by atoms with E-state index in [-0.39, 0.29) is 18.2 Å². The Hall–Kier alpha value is -5.70. The number of carbonyl (C=O) groups is 2. The lowest BCUT2D eigenvalue weighted by Crippen LogP contribution is -2.27. The van der Waals surface area contributed by atoms with Crippen LogP contribution < -0.4 is 15.4 Å². The van der Waals surface area contributed by atoms with E-state index < -0.39 is 18.0 Å². The zero-order valence-corrected chi connectivity index (χ0v) is 21.6. The Balaban J connectivity index is 1.46. The van der Waals surface area contributed by atoms with Gasteiger partial charge in [0.15, 0.2) is 5.82 Å². The number of ether oxygens (including phenoxy) is 2. The van der Waals surface area contributed by atoms with Crippen LogP contribution in [0.15, 0.2) is 67.4 Å². The molecule has 2 amide bonds. The number of aromatic nitrogens is 6. The minimum Gasteiger partial charge on any atom is -0.497 e. The molecule has 0 saturated carbocycles. The number of H-pyrrole nitrogens is 1. The van der Waals surface area contributed by atoms with Gasteiger partial charge in [-0.15, -0.1) is 6.42 Å². The van der Waals surface area contributed by atoms with Crippen molar-refractivity contribution in [1.29, 1.82) is 0 Å². The smallest absolute Gasteiger partial charge is 0.413 e. The first-order valence-electron chi connectivity index (χ1n) is 12.2. The number of carbonyl (C=O) groups excluding carboxylic acids is 2. The highest BCUT2D eigenvalue weighted by Crippen LogP contribution is 2.29. The topological polar surface area (TPSA) is 149 Å². The summed E-state index contributed by atoms with van der Waals surface area (Å²) < 4.78 is 11.9. The molecule has 2 aromatic carbocycles. The van der Waals surface area contributed by atoms with Crippen LogP contribution in [0.3, 0.4) is 0 Å². The Bertz CT molecular complexity index is 1720. The lowest BCUT2D eigenvalue weighted by molar-refractivity contribution is 0.0940. The maximum absolute atomic E-state index is 13.0. The van der Waals surface area contributed by atoms with Gasteiger partial charge in [0.25, 0.3) is 5.91 Å². The summed E-state index contributed by atoms with van der Waals surface area (Å²) in [7, 11) is 1.56. The Morgan fingerprint density at radius 2 is 1.98 bits per heavy atom. The number of nitrogens with zero attached hydrogens (tertiary/aromatic N) is 5. The van der Waals surface area contributed by atoms with E-state index >= 15 is 0 Å². The maximum Gasteiger partial charge on any atom is 0.413 e. The van der Waals surface area contributed by atoms with Crippen molar-refractivity contribution in [2.45, 2.75) is 13.0 Å². The first-order valence-corrected chi connectivity index (χ1v) is 12.2. The second-order valence-corrected chi connectivity index (χ2v) is 8.41. The molecule has 0 aliphatic carbocycles. The molecular formula is C28H24N8O4. The molecule has 0 unspecified atom stereocenters. The fourth-order valence-electron chi connectivity index (χ4n) is 4.01. The van der Waals surface area contributed by atoms with Crippen molar-refractivity contribution in [1.82, 2.24) is 34.8 Å². The largest absolute Gasteiger partial charge is 0.497 e. The number of nitrogens with one attached hydrogen (secondary N) is 3. The highest BCUT2D eigenvalue weighted by atomic mass is 16.5. The fourth-order valence-corrected chi connectivity index (χ4v) is 4.01. The summed E-state index contributed by atoms with van der Waals surface area (Å²) in [6.45, 7) is 1.93. The van der Waals surface area contributed by atoms with Gasteiger partial charge in [-0.1, -0.05) is 18.1 Å². The van der Waals surface area contributed by atoms with Crippen molar-refractivity contribution in [3.8, 4) is 35.2 Å². The van der Waals surface area contributed by atoms with Gasteiger partial charge in [-0.05, 0) is 42.8 Å². The van der Waals surface area contributed by atoms with E-state index in [0.29, 0.717) is 39.4 Å². The molecule has 3 N–H and O–H groups in total. The van der Waals surface area contributed by atoms with Gasteiger partial charge < -0.3 is 24.3 Å². The molecule has 5 rings (SSSR count). The van der Waals surface area contributed by atoms with Gasteiger partial charge in [0, 0.05) is 29.8 Å². The third-order valence-electron chi connectivity index (χ3n) is 5.86. The van der Waals surface area contributed by atoms with Crippen molar-refractivity contribution < 1.29 is 19.1 Å². The lowest BCUT2D eigenvalue weighted by Gasteiger charge is -2.13. The summed E-state index contributed by atoms with van der Waals surface area (Å²) >= 11 is 0. The van der Waals surface area contributed by atoms with Crippen LogP contribution in [0.4, 0.5) is 10.7 Å². The van der Waals surface area contributed by atoms with E-state index in [1.807, 2.05) is 12.1 Å². The average molecular weight is 537 g/mol. The van der Waals surface area contributed by atoms with Gasteiger partial charge in [-0.2, -0.15) is 0 Å². The molecule has 0 fully saturated rings. The fraction of sp³-hybridized carbons (Fsp3) is 0.143. The van der Waals surface area contributed by atoms with Crippen LogP contribution in [0.1, 0.15) is 29.0 Å². The summed E-state index contributed by atoms with van der Waals surface area (Å²) in [5.41, 5.74) is 3.25. The zero-order chi connectivity index (χ0) is 28.1. The quantitative estimate of drug-likeness (QED) is 0.253. The number of benzene rings is 2. The molecule has 0 bridgehead atoms. The van der Waals surface area contributed by atoms with Crippen molar-refractivity contribution in [2.24, 2.45) is 0 Å². The van der Waals surface area contributed by atoms with E-state index in [4.69, 9.17) is 15.9 Å². The van der Waals surface area contributed by atoms with E-state index in [1.54, 1.807) is 67.5 Å². The highest BCUT2D eigenvalue weighted by molar-refractivity contribution is 5.95. The van der Waals surface area contributed by atoms with Crippen LogP contribution in [0, 0.1) is 12.3 Å². The van der Waals surface area contributed by atoms with Crippen molar-refractivity contribution in [2.75, 3.05) is 19.0 Å². The molecule has 1 atom stereocenters. The minimum absolute atomic E-state index is 0.162. The highest BCUT2D eigenvalue weighted by Gasteiger charge is 2.19. The van der Waals surface area contributed by atoms with Gasteiger partial charge >= 0.3 is 6.09 Å². The second-order valence-electron chi connectivity index (χ2n) is 8.41. The second kappa shape index (κ2) is 11.4. The Labute approximate surface area is 228 Å². The number of anilines is 1. The van der Waals surface area contributed by atoms with Gasteiger partial charge in [-0.3, -0.25) is 10.1 Å². The van der Waals surface area contributed by atoms with Crippen LogP contribution in [-0.4, -0.2) is 55.2 Å². The molecule has 0 spiro atoms. The Morgan fingerprint density at radius 3 is 2.73 bits per heavy atom. The van der Waals surface area contributed by atoms with Gasteiger partial charge in [-0.25, -0.2) is 24.7 Å². The third-order valence-corrected chi connectivity index (χ3v) is 5.86.